The lowest BCUT2D eigenvalue weighted by Crippen LogP contribution is -2.44. The molecule has 328 valence electrons. The third kappa shape index (κ3) is 7.46. The lowest BCUT2D eigenvalue weighted by molar-refractivity contribution is -0.135. The summed E-state index contributed by atoms with van der Waals surface area (Å²) in [6.45, 7) is 4.84. The van der Waals surface area contributed by atoms with Gasteiger partial charge in [0.2, 0.25) is 11.8 Å². The highest BCUT2D eigenvalue weighted by molar-refractivity contribution is 6.08. The Kier molecular flexibility index (Phi) is 10.7. The van der Waals surface area contributed by atoms with Crippen LogP contribution in [0.4, 0.5) is 20.3 Å². The summed E-state index contributed by atoms with van der Waals surface area (Å²) in [6, 6.07) is 7.63. The first kappa shape index (κ1) is 40.5. The number of carbonyl (C=O) groups is 3. The number of piperidine rings is 2. The number of benzene rings is 1. The zero-order valence-electron chi connectivity index (χ0n) is 35.0. The largest absolute Gasteiger partial charge is 0.374 e. The maximum absolute atomic E-state index is 14.3. The van der Waals surface area contributed by atoms with E-state index in [1.54, 1.807) is 28.7 Å². The Morgan fingerprint density at radius 2 is 1.85 bits per heavy atom. The van der Waals surface area contributed by atoms with Crippen LogP contribution in [0.3, 0.4) is 0 Å². The molecule has 0 spiro atoms. The van der Waals surface area contributed by atoms with Gasteiger partial charge in [-0.3, -0.25) is 38.4 Å². The molecule has 5 fully saturated rings. The second-order valence-electron chi connectivity index (χ2n) is 17.9. The number of aromatic nitrogens is 7. The lowest BCUT2D eigenvalue weighted by atomic mass is 9.85. The van der Waals surface area contributed by atoms with Crippen molar-refractivity contribution in [3.8, 4) is 0 Å². The Bertz CT molecular complexity index is 2590. The monoisotopic (exact) mass is 854 g/mol. The standard InChI is InChI=1S/C43H52F2N12O5/c1-51(27-12-15-53(16-13-27)21-26-4-3-5-33-38(26)52(2)43(61)57(33)34-10-11-36(58)49-42(34)60)20-25-6-8-28(9-7-25)56-23-32(37(50-56)39(44)45)47-41(59)31-19-46-55-17-14-35(48-40(31)55)54-22-30-18-29(54)24-62-30/h3-5,14,17,19,23,25,27-30,34,39H,6-13,15-16,18,20-22,24H2,1-2H3,(H,47,59)(H,49,58,60)/t25?,28?,29-,30-,34?/m1/s1. The fraction of sp³-hybridized carbons (Fsp3) is 0.558. The molecule has 4 aromatic heterocycles. The highest BCUT2D eigenvalue weighted by atomic mass is 19.3. The number of morpholine rings is 1. The number of halogens is 2. The van der Waals surface area contributed by atoms with E-state index in [2.05, 4.69) is 42.6 Å². The summed E-state index contributed by atoms with van der Waals surface area (Å²) < 4.78 is 40.7. The number of amides is 3. The number of para-hydroxylation sites is 1. The van der Waals surface area contributed by atoms with Crippen molar-refractivity contribution in [3.63, 3.8) is 0 Å². The normalized spacial score (nSPS) is 24.9. The Labute approximate surface area is 356 Å². The van der Waals surface area contributed by atoms with Gasteiger partial charge in [-0.1, -0.05) is 12.1 Å². The molecule has 17 nitrogen and oxygen atoms in total. The van der Waals surface area contributed by atoms with Crippen molar-refractivity contribution in [1.29, 1.82) is 0 Å². The molecule has 0 radical (unpaired) electrons. The summed E-state index contributed by atoms with van der Waals surface area (Å²) in [4.78, 5) is 63.3. The lowest BCUT2D eigenvalue weighted by Gasteiger charge is -2.39. The van der Waals surface area contributed by atoms with E-state index in [1.165, 1.54) is 15.3 Å². The first-order valence-corrected chi connectivity index (χ1v) is 21.8. The van der Waals surface area contributed by atoms with Crippen molar-refractivity contribution in [2.24, 2.45) is 13.0 Å². The predicted molar refractivity (Wildman–Crippen MR) is 224 cm³/mol. The first-order chi connectivity index (χ1) is 30.0. The molecule has 1 aliphatic carbocycles. The molecule has 1 unspecified atom stereocenters. The number of imide groups is 1. The molecule has 4 aliphatic heterocycles. The second kappa shape index (κ2) is 16.3. The molecule has 3 amide bonds. The van der Waals surface area contributed by atoms with Crippen LogP contribution in [-0.2, 0) is 27.9 Å². The minimum absolute atomic E-state index is 0.00550. The number of rotatable bonds is 11. The Hall–Kier alpha value is -5.53. The van der Waals surface area contributed by atoms with Crippen LogP contribution in [0.25, 0.3) is 16.7 Å². The van der Waals surface area contributed by atoms with Gasteiger partial charge in [-0.25, -0.2) is 23.1 Å². The number of hydrogen-bond acceptors (Lipinski definition) is 11. The second-order valence-corrected chi connectivity index (χ2v) is 17.9. The van der Waals surface area contributed by atoms with Crippen LogP contribution >= 0.6 is 0 Å². The van der Waals surface area contributed by atoms with Crippen molar-refractivity contribution in [2.75, 3.05) is 50.1 Å². The fourth-order valence-corrected chi connectivity index (χ4v) is 10.7. The van der Waals surface area contributed by atoms with Crippen LogP contribution in [0, 0.1) is 5.92 Å². The van der Waals surface area contributed by atoms with E-state index in [0.29, 0.717) is 42.7 Å². The quantitative estimate of drug-likeness (QED) is 0.184. The average Bonchev–Trinajstić information content (AvgIpc) is 4.12. The van der Waals surface area contributed by atoms with Gasteiger partial charge in [-0.05, 0) is 95.1 Å². The van der Waals surface area contributed by atoms with Crippen LogP contribution < -0.4 is 21.2 Å². The van der Waals surface area contributed by atoms with Gasteiger partial charge in [0.15, 0.2) is 11.3 Å². The number of nitrogens with one attached hydrogen (secondary N) is 2. The summed E-state index contributed by atoms with van der Waals surface area (Å²) in [7, 11) is 3.94. The minimum atomic E-state index is -2.86. The molecule has 10 rings (SSSR count). The van der Waals surface area contributed by atoms with Crippen molar-refractivity contribution in [2.45, 2.75) is 101 Å². The van der Waals surface area contributed by atoms with Crippen molar-refractivity contribution >= 4 is 45.9 Å². The molecular formula is C43H52F2N12O5. The van der Waals surface area contributed by atoms with E-state index < -0.39 is 30.0 Å². The average molecular weight is 855 g/mol. The number of aryl methyl sites for hydroxylation is 1. The topological polar surface area (TPSA) is 169 Å². The molecule has 2 N–H and O–H groups in total. The SMILES string of the molecule is CN(CC1CCC(n2cc(NC(=O)c3cnn4ccc(N5C[C@H]6C[C@@H]5CO6)nc34)c(C(F)F)n2)CC1)C1CCN(Cc2cccc3c2n(C)c(=O)n3C2CCC(=O)NC2=O)CC1. The van der Waals surface area contributed by atoms with E-state index in [9.17, 15) is 28.0 Å². The highest BCUT2D eigenvalue weighted by Crippen LogP contribution is 2.37. The summed E-state index contributed by atoms with van der Waals surface area (Å²) in [6.07, 6.45) is 9.00. The van der Waals surface area contributed by atoms with E-state index in [1.807, 2.05) is 24.3 Å². The third-order valence-corrected chi connectivity index (χ3v) is 14.0. The number of nitrogens with zero attached hydrogens (tertiary/aromatic N) is 10. The van der Waals surface area contributed by atoms with Gasteiger partial charge in [0, 0.05) is 51.5 Å². The summed E-state index contributed by atoms with van der Waals surface area (Å²) in [5.74, 6) is -0.113. The number of imidazole rings is 1. The molecule has 19 heteroatoms. The van der Waals surface area contributed by atoms with Gasteiger partial charge < -0.3 is 19.9 Å². The van der Waals surface area contributed by atoms with Gasteiger partial charge in [-0.2, -0.15) is 10.2 Å². The maximum atomic E-state index is 14.3. The van der Waals surface area contributed by atoms with Crippen molar-refractivity contribution < 1.29 is 27.9 Å². The van der Waals surface area contributed by atoms with Crippen LogP contribution in [0.1, 0.15) is 97.9 Å². The van der Waals surface area contributed by atoms with Crippen LogP contribution in [0.5, 0.6) is 0 Å². The fourth-order valence-electron chi connectivity index (χ4n) is 10.7. The number of hydrogen-bond donors (Lipinski definition) is 2. The number of ether oxygens (including phenoxy) is 1. The van der Waals surface area contributed by atoms with Gasteiger partial charge in [0.05, 0.1) is 47.7 Å². The molecule has 5 aromatic rings. The van der Waals surface area contributed by atoms with Gasteiger partial charge in [0.1, 0.15) is 17.4 Å². The molecule has 1 aromatic carbocycles. The molecular weight excluding hydrogens is 803 g/mol. The van der Waals surface area contributed by atoms with Crippen molar-refractivity contribution in [3.05, 3.63) is 70.2 Å². The smallest absolute Gasteiger partial charge is 0.329 e. The van der Waals surface area contributed by atoms with Gasteiger partial charge >= 0.3 is 5.69 Å². The van der Waals surface area contributed by atoms with E-state index in [0.717, 1.165) is 88.0 Å². The zero-order valence-corrected chi connectivity index (χ0v) is 35.0. The van der Waals surface area contributed by atoms with Crippen LogP contribution in [0.2, 0.25) is 0 Å². The number of carbonyl (C=O) groups excluding carboxylic acids is 3. The molecule has 2 bridgehead atoms. The van der Waals surface area contributed by atoms with Crippen LogP contribution in [-0.4, -0.2) is 119 Å². The summed E-state index contributed by atoms with van der Waals surface area (Å²) in [5, 5.41) is 13.7. The molecule has 62 heavy (non-hydrogen) atoms. The van der Waals surface area contributed by atoms with Gasteiger partial charge in [0.25, 0.3) is 12.3 Å². The Morgan fingerprint density at radius 1 is 1.05 bits per heavy atom. The third-order valence-electron chi connectivity index (χ3n) is 14.0. The summed E-state index contributed by atoms with van der Waals surface area (Å²) >= 11 is 0. The van der Waals surface area contributed by atoms with Crippen LogP contribution in [0.15, 0.2) is 47.7 Å². The summed E-state index contributed by atoms with van der Waals surface area (Å²) in [5.41, 5.74) is 2.38. The minimum Gasteiger partial charge on any atom is -0.374 e. The van der Waals surface area contributed by atoms with Gasteiger partial charge in [-0.15, -0.1) is 0 Å². The van der Waals surface area contributed by atoms with E-state index >= 15 is 0 Å². The van der Waals surface area contributed by atoms with Crippen molar-refractivity contribution in [1.82, 2.24) is 48.6 Å². The number of anilines is 2. The highest BCUT2D eigenvalue weighted by Gasteiger charge is 2.40. The number of likely N-dealkylation sites (tertiary alicyclic amines) is 1. The van der Waals surface area contributed by atoms with E-state index in [4.69, 9.17) is 9.72 Å². The zero-order chi connectivity index (χ0) is 42.8. The molecule has 4 saturated heterocycles. The maximum Gasteiger partial charge on any atom is 0.329 e. The number of fused-ring (bicyclic) bond motifs is 4. The van der Waals surface area contributed by atoms with E-state index in [-0.39, 0.29) is 47.5 Å². The first-order valence-electron chi connectivity index (χ1n) is 21.8. The molecule has 1 saturated carbocycles. The molecule has 3 atom stereocenters. The Morgan fingerprint density at radius 3 is 2.58 bits per heavy atom. The Balaban J connectivity index is 0.729. The molecule has 5 aliphatic rings. The predicted octanol–water partition coefficient (Wildman–Crippen LogP) is 4.05. The molecule has 8 heterocycles. The number of alkyl halides is 2.